The summed E-state index contributed by atoms with van der Waals surface area (Å²) >= 11 is 0. The first-order valence-corrected chi connectivity index (χ1v) is 23.9. The zero-order valence-corrected chi connectivity index (χ0v) is 37.6. The third kappa shape index (κ3) is 7.64. The molecule has 0 bridgehead atoms. The third-order valence-corrected chi connectivity index (χ3v) is 18.3. The lowest BCUT2D eigenvalue weighted by Gasteiger charge is -2.38. The van der Waals surface area contributed by atoms with E-state index >= 15 is 4.79 Å². The van der Waals surface area contributed by atoms with Crippen LogP contribution in [0, 0.1) is 44.8 Å². The van der Waals surface area contributed by atoms with Gasteiger partial charge >= 0.3 is 10.2 Å². The molecule has 326 valence electrons. The van der Waals surface area contributed by atoms with Crippen LogP contribution in [0.5, 0.6) is 0 Å². The highest BCUT2D eigenvalue weighted by molar-refractivity contribution is 7.87. The molecule has 4 aliphatic carbocycles. The average molecular weight is 828 g/mol. The molecule has 0 unspecified atom stereocenters. The quantitative estimate of drug-likeness (QED) is 0.185. The Morgan fingerprint density at radius 3 is 2.05 bits per heavy atom. The van der Waals surface area contributed by atoms with Gasteiger partial charge in [-0.05, 0) is 93.0 Å². The highest BCUT2D eigenvalue weighted by Gasteiger charge is 2.85. The van der Waals surface area contributed by atoms with Gasteiger partial charge in [0.15, 0.2) is 11.6 Å². The summed E-state index contributed by atoms with van der Waals surface area (Å²) in [7, 11) is -2.15. The van der Waals surface area contributed by atoms with Crippen LogP contribution in [0.25, 0.3) is 0 Å². The van der Waals surface area contributed by atoms with E-state index in [1.165, 1.54) is 4.31 Å². The molecule has 2 N–H and O–H groups in total. The normalized spacial score (nSPS) is 31.7. The standard InChI is InChI=1S/C45H73N5O7S/c1-10-31-26-43(31,40(55)47-58(56,57)49(11-2)12-3)28-36(52)34-27-45(42(7,8)44(45)22-18-23-44)29-50(34)39(54)32(41(4,5)6)25-35(51)37(30-19-14-13-15-20-30)46-38(53)33-21-16-17-24-48(33)9/h10,30-34,37H,1,11-29H2,2-9H3,(H,46,53)(H,47,55)/t31-,32-,33+,34+,37+,43-,45-/m1/s1. The van der Waals surface area contributed by atoms with Crippen molar-refractivity contribution >= 4 is 39.5 Å². The fraction of sp³-hybridized carbons (Fsp3) is 0.844. The average Bonchev–Trinajstić information content (AvgIpc) is 3.87. The number of carbonyl (C=O) groups excluding carboxylic acids is 5. The Morgan fingerprint density at radius 2 is 1.53 bits per heavy atom. The first kappa shape index (κ1) is 44.9. The van der Waals surface area contributed by atoms with E-state index < -0.39 is 44.9 Å². The second kappa shape index (κ2) is 16.3. The van der Waals surface area contributed by atoms with Crippen LogP contribution in [0.3, 0.4) is 0 Å². The molecule has 2 spiro atoms. The number of likely N-dealkylation sites (N-methyl/N-ethyl adjacent to an activating group) is 1. The molecule has 7 atom stereocenters. The molecule has 3 amide bonds. The van der Waals surface area contributed by atoms with Crippen molar-refractivity contribution < 1.29 is 32.4 Å². The molecule has 0 aromatic carbocycles. The van der Waals surface area contributed by atoms with Crippen molar-refractivity contribution in [1.82, 2.24) is 24.1 Å². The Hall–Kier alpha value is -2.64. The number of Topliss-reactive ketones (excluding diaryl/α,β-unsaturated/α-hetero) is 2. The zero-order chi connectivity index (χ0) is 42.6. The molecular weight excluding hydrogens is 755 g/mol. The van der Waals surface area contributed by atoms with Crippen LogP contribution in [-0.2, 0) is 34.2 Å². The lowest BCUT2D eigenvalue weighted by atomic mass is 9.73. The molecule has 2 saturated heterocycles. The van der Waals surface area contributed by atoms with Crippen molar-refractivity contribution in [1.29, 1.82) is 0 Å². The number of ketones is 2. The van der Waals surface area contributed by atoms with Gasteiger partial charge in [0.1, 0.15) is 0 Å². The van der Waals surface area contributed by atoms with Crippen molar-refractivity contribution in [2.75, 3.05) is 33.2 Å². The third-order valence-electron chi connectivity index (χ3n) is 16.7. The second-order valence-electron chi connectivity index (χ2n) is 20.7. The van der Waals surface area contributed by atoms with Crippen LogP contribution in [0.1, 0.15) is 145 Å². The number of fused-ring (bicyclic) bond motifs is 1. The molecule has 12 nitrogen and oxygen atoms in total. The van der Waals surface area contributed by atoms with Crippen LogP contribution in [0.4, 0.5) is 0 Å². The lowest BCUT2D eigenvalue weighted by Crippen LogP contribution is -2.55. The number of carbonyl (C=O) groups is 5. The molecule has 58 heavy (non-hydrogen) atoms. The first-order valence-electron chi connectivity index (χ1n) is 22.5. The van der Waals surface area contributed by atoms with Gasteiger partial charge in [-0.2, -0.15) is 12.7 Å². The largest absolute Gasteiger partial charge is 0.345 e. The summed E-state index contributed by atoms with van der Waals surface area (Å²) in [6.45, 7) is 19.4. The van der Waals surface area contributed by atoms with E-state index in [0.29, 0.717) is 19.4 Å². The van der Waals surface area contributed by atoms with Gasteiger partial charge in [0, 0.05) is 43.8 Å². The van der Waals surface area contributed by atoms with E-state index in [9.17, 15) is 27.6 Å². The van der Waals surface area contributed by atoms with E-state index in [1.807, 2.05) is 27.8 Å². The molecule has 6 aliphatic rings. The molecule has 0 radical (unpaired) electrons. The summed E-state index contributed by atoms with van der Waals surface area (Å²) in [6.07, 6.45) is 12.9. The minimum Gasteiger partial charge on any atom is -0.345 e. The van der Waals surface area contributed by atoms with Crippen LogP contribution in [-0.4, -0.2) is 103 Å². The lowest BCUT2D eigenvalue weighted by molar-refractivity contribution is -0.147. The Morgan fingerprint density at radius 1 is 0.897 bits per heavy atom. The van der Waals surface area contributed by atoms with E-state index in [2.05, 4.69) is 35.4 Å². The molecule has 2 heterocycles. The van der Waals surface area contributed by atoms with Crippen LogP contribution >= 0.6 is 0 Å². The number of amides is 3. The fourth-order valence-electron chi connectivity index (χ4n) is 12.5. The minimum atomic E-state index is -4.12. The number of nitrogens with one attached hydrogen (secondary N) is 2. The smallest absolute Gasteiger partial charge is 0.303 e. The molecule has 0 aromatic rings. The van der Waals surface area contributed by atoms with Crippen molar-refractivity contribution in [2.45, 2.75) is 163 Å². The summed E-state index contributed by atoms with van der Waals surface area (Å²) in [5, 5.41) is 3.22. The van der Waals surface area contributed by atoms with Crippen LogP contribution in [0.15, 0.2) is 12.7 Å². The molecule has 4 saturated carbocycles. The van der Waals surface area contributed by atoms with Gasteiger partial charge < -0.3 is 10.2 Å². The minimum absolute atomic E-state index is 0.00849. The van der Waals surface area contributed by atoms with Gasteiger partial charge in [0.05, 0.1) is 23.5 Å². The maximum atomic E-state index is 15.3. The number of likely N-dealkylation sites (tertiary alicyclic amines) is 2. The van der Waals surface area contributed by atoms with E-state index in [-0.39, 0.29) is 83.4 Å². The van der Waals surface area contributed by atoms with Crippen LogP contribution in [0.2, 0.25) is 0 Å². The van der Waals surface area contributed by atoms with Gasteiger partial charge in [-0.3, -0.25) is 28.9 Å². The Balaban J connectivity index is 1.28. The maximum Gasteiger partial charge on any atom is 0.303 e. The monoisotopic (exact) mass is 828 g/mol. The maximum absolute atomic E-state index is 15.3. The van der Waals surface area contributed by atoms with Crippen molar-refractivity contribution in [2.24, 2.45) is 44.8 Å². The number of piperidine rings is 1. The topological polar surface area (TPSA) is 153 Å². The number of nitrogens with zero attached hydrogens (tertiary/aromatic N) is 3. The predicted octanol–water partition coefficient (Wildman–Crippen LogP) is 5.81. The SMILES string of the molecule is C=C[C@@H]1C[C@]1(CC(=O)[C@@H]1C[C@@]2(CN1C(=O)[C@@H](CC(=O)[C@@H](NC(=O)[C@@H]1CCCCN1C)C1CCCCC1)C(C)(C)C)C(C)(C)C21CCC1)C(=O)NS(=O)(=O)N(CC)CC. The Labute approximate surface area is 348 Å². The van der Waals surface area contributed by atoms with Gasteiger partial charge in [0.2, 0.25) is 17.7 Å². The highest BCUT2D eigenvalue weighted by Crippen LogP contribution is 2.88. The summed E-state index contributed by atoms with van der Waals surface area (Å²) < 4.78 is 29.8. The number of allylic oxidation sites excluding steroid dienone is 1. The molecule has 13 heteroatoms. The Kier molecular flexibility index (Phi) is 12.6. The van der Waals surface area contributed by atoms with Gasteiger partial charge in [0.25, 0.3) is 0 Å². The first-order chi connectivity index (χ1) is 27.2. The van der Waals surface area contributed by atoms with Crippen molar-refractivity contribution in [3.63, 3.8) is 0 Å². The molecular formula is C45H73N5O7S. The van der Waals surface area contributed by atoms with E-state index in [4.69, 9.17) is 0 Å². The Bertz CT molecular complexity index is 1740. The van der Waals surface area contributed by atoms with Crippen molar-refractivity contribution in [3.8, 4) is 0 Å². The van der Waals surface area contributed by atoms with E-state index in [1.54, 1.807) is 24.8 Å². The summed E-state index contributed by atoms with van der Waals surface area (Å²) in [5.41, 5.74) is -2.25. The highest BCUT2D eigenvalue weighted by atomic mass is 32.2. The predicted molar refractivity (Wildman–Crippen MR) is 224 cm³/mol. The molecule has 2 aliphatic heterocycles. The van der Waals surface area contributed by atoms with Crippen LogP contribution < -0.4 is 10.0 Å². The summed E-state index contributed by atoms with van der Waals surface area (Å²) in [5.74, 6) is -2.53. The molecule has 0 aromatic heterocycles. The van der Waals surface area contributed by atoms with Gasteiger partial charge in [-0.1, -0.05) is 86.6 Å². The fourth-order valence-corrected chi connectivity index (χ4v) is 13.7. The summed E-state index contributed by atoms with van der Waals surface area (Å²) in [4.78, 5) is 76.4. The number of hydrogen-bond acceptors (Lipinski definition) is 8. The molecule has 6 fully saturated rings. The number of hydrogen-bond donors (Lipinski definition) is 2. The summed E-state index contributed by atoms with van der Waals surface area (Å²) in [6, 6.07) is -1.77. The molecule has 6 rings (SSSR count). The zero-order valence-electron chi connectivity index (χ0n) is 36.8. The van der Waals surface area contributed by atoms with Gasteiger partial charge in [-0.25, -0.2) is 4.72 Å². The number of rotatable bonds is 16. The van der Waals surface area contributed by atoms with E-state index in [0.717, 1.165) is 77.2 Å². The van der Waals surface area contributed by atoms with Crippen molar-refractivity contribution in [3.05, 3.63) is 12.7 Å². The second-order valence-corrected chi connectivity index (χ2v) is 22.3. The van der Waals surface area contributed by atoms with Gasteiger partial charge in [-0.15, -0.1) is 6.58 Å².